The molecule has 0 aliphatic carbocycles. The molecular formula is C14H16F2N2O2. The minimum Gasteiger partial charge on any atom is -0.465 e. The summed E-state index contributed by atoms with van der Waals surface area (Å²) >= 11 is 0. The monoisotopic (exact) mass is 282 g/mol. The summed E-state index contributed by atoms with van der Waals surface area (Å²) in [6.07, 6.45) is 0. The molecule has 0 saturated carbocycles. The van der Waals surface area contributed by atoms with E-state index in [0.29, 0.717) is 5.52 Å². The van der Waals surface area contributed by atoms with Crippen LogP contribution in [0.15, 0.2) is 12.1 Å². The van der Waals surface area contributed by atoms with E-state index in [1.807, 2.05) is 13.8 Å². The largest absolute Gasteiger partial charge is 0.465 e. The van der Waals surface area contributed by atoms with Gasteiger partial charge in [0.2, 0.25) is 0 Å². The van der Waals surface area contributed by atoms with Crippen LogP contribution in [-0.4, -0.2) is 22.5 Å². The van der Waals surface area contributed by atoms with Crippen LogP contribution in [0.2, 0.25) is 0 Å². The second-order valence-electron chi connectivity index (χ2n) is 4.85. The van der Waals surface area contributed by atoms with Gasteiger partial charge in [0.1, 0.15) is 17.3 Å². The lowest BCUT2D eigenvalue weighted by Crippen LogP contribution is -2.22. The van der Waals surface area contributed by atoms with E-state index in [4.69, 9.17) is 4.74 Å². The standard InChI is InChI=1S/C14H16F2N2O2/c1-4-20-14(19)10(7(2)3)13-17-9-6-5-8(15)11(16)12(9)18-13/h5-7,10H,4H2,1-3H3,(H,17,18). The summed E-state index contributed by atoms with van der Waals surface area (Å²) in [7, 11) is 0. The molecule has 0 amide bonds. The Morgan fingerprint density at radius 1 is 1.40 bits per heavy atom. The van der Waals surface area contributed by atoms with E-state index in [9.17, 15) is 13.6 Å². The Balaban J connectivity index is 2.49. The van der Waals surface area contributed by atoms with Gasteiger partial charge in [0.25, 0.3) is 0 Å². The van der Waals surface area contributed by atoms with Crippen LogP contribution in [0.5, 0.6) is 0 Å². The highest BCUT2D eigenvalue weighted by atomic mass is 19.2. The van der Waals surface area contributed by atoms with Crippen LogP contribution in [0, 0.1) is 17.6 Å². The molecule has 20 heavy (non-hydrogen) atoms. The Morgan fingerprint density at radius 2 is 2.10 bits per heavy atom. The van der Waals surface area contributed by atoms with Gasteiger partial charge in [-0.25, -0.2) is 13.8 Å². The lowest BCUT2D eigenvalue weighted by atomic mass is 9.95. The predicted octanol–water partition coefficient (Wildman–Crippen LogP) is 3.14. The first kappa shape index (κ1) is 14.4. The average molecular weight is 282 g/mol. The summed E-state index contributed by atoms with van der Waals surface area (Å²) in [5.74, 6) is -2.84. The van der Waals surface area contributed by atoms with Gasteiger partial charge in [0, 0.05) is 0 Å². The van der Waals surface area contributed by atoms with E-state index in [0.717, 1.165) is 6.07 Å². The van der Waals surface area contributed by atoms with Crippen LogP contribution in [-0.2, 0) is 9.53 Å². The zero-order valence-electron chi connectivity index (χ0n) is 11.5. The van der Waals surface area contributed by atoms with Gasteiger partial charge in [0.05, 0.1) is 12.1 Å². The number of halogens is 2. The van der Waals surface area contributed by atoms with Gasteiger partial charge in [-0.05, 0) is 25.0 Å². The highest BCUT2D eigenvalue weighted by molar-refractivity contribution is 5.81. The number of carbonyl (C=O) groups excluding carboxylic acids is 1. The van der Waals surface area contributed by atoms with Crippen molar-refractivity contribution in [2.75, 3.05) is 6.61 Å². The summed E-state index contributed by atoms with van der Waals surface area (Å²) in [6.45, 7) is 5.64. The fourth-order valence-corrected chi connectivity index (χ4v) is 2.12. The van der Waals surface area contributed by atoms with Gasteiger partial charge in [-0.3, -0.25) is 4.79 Å². The molecule has 0 aliphatic heterocycles. The molecular weight excluding hydrogens is 266 g/mol. The van der Waals surface area contributed by atoms with Crippen molar-refractivity contribution in [3.63, 3.8) is 0 Å². The number of imidazole rings is 1. The lowest BCUT2D eigenvalue weighted by Gasteiger charge is -2.16. The molecule has 0 fully saturated rings. The second-order valence-corrected chi connectivity index (χ2v) is 4.85. The first-order valence-corrected chi connectivity index (χ1v) is 6.46. The summed E-state index contributed by atoms with van der Waals surface area (Å²) in [6, 6.07) is 2.42. The van der Waals surface area contributed by atoms with Gasteiger partial charge in [-0.1, -0.05) is 13.8 Å². The molecule has 2 aromatic rings. The molecule has 1 heterocycles. The average Bonchev–Trinajstić information content (AvgIpc) is 2.78. The molecule has 0 saturated heterocycles. The van der Waals surface area contributed by atoms with Crippen molar-refractivity contribution >= 4 is 17.0 Å². The third-order valence-electron chi connectivity index (χ3n) is 3.07. The number of aromatic nitrogens is 2. The first-order valence-electron chi connectivity index (χ1n) is 6.46. The van der Waals surface area contributed by atoms with Crippen LogP contribution in [0.3, 0.4) is 0 Å². The first-order chi connectivity index (χ1) is 9.45. The fourth-order valence-electron chi connectivity index (χ4n) is 2.12. The Hall–Kier alpha value is -1.98. The molecule has 1 N–H and O–H groups in total. The zero-order chi connectivity index (χ0) is 14.9. The molecule has 0 radical (unpaired) electrons. The second kappa shape index (κ2) is 5.56. The van der Waals surface area contributed by atoms with E-state index in [-0.39, 0.29) is 23.9 Å². The molecule has 0 spiro atoms. The lowest BCUT2D eigenvalue weighted by molar-refractivity contribution is -0.146. The maximum absolute atomic E-state index is 13.7. The third kappa shape index (κ3) is 2.50. The van der Waals surface area contributed by atoms with Crippen LogP contribution in [0.4, 0.5) is 8.78 Å². The number of aromatic amines is 1. The van der Waals surface area contributed by atoms with Gasteiger partial charge in [-0.2, -0.15) is 0 Å². The van der Waals surface area contributed by atoms with Crippen molar-refractivity contribution in [3.05, 3.63) is 29.6 Å². The molecule has 0 bridgehead atoms. The number of nitrogens with one attached hydrogen (secondary N) is 1. The van der Waals surface area contributed by atoms with Crippen molar-refractivity contribution in [1.82, 2.24) is 9.97 Å². The number of rotatable bonds is 4. The number of nitrogens with zero attached hydrogens (tertiary/aromatic N) is 1. The molecule has 0 aliphatic rings. The fraction of sp³-hybridized carbons (Fsp3) is 0.429. The summed E-state index contributed by atoms with van der Waals surface area (Å²) in [5.41, 5.74) is 0.254. The van der Waals surface area contributed by atoms with Gasteiger partial charge in [-0.15, -0.1) is 0 Å². The Labute approximate surface area is 115 Å². The van der Waals surface area contributed by atoms with Crippen molar-refractivity contribution in [3.8, 4) is 0 Å². The van der Waals surface area contributed by atoms with E-state index in [1.165, 1.54) is 6.07 Å². The maximum atomic E-state index is 13.7. The maximum Gasteiger partial charge on any atom is 0.316 e. The van der Waals surface area contributed by atoms with Crippen LogP contribution < -0.4 is 0 Å². The van der Waals surface area contributed by atoms with E-state index >= 15 is 0 Å². The zero-order valence-corrected chi connectivity index (χ0v) is 11.5. The number of H-pyrrole nitrogens is 1. The summed E-state index contributed by atoms with van der Waals surface area (Å²) in [5, 5.41) is 0. The molecule has 1 unspecified atom stereocenters. The summed E-state index contributed by atoms with van der Waals surface area (Å²) in [4.78, 5) is 18.9. The van der Waals surface area contributed by atoms with E-state index in [2.05, 4.69) is 9.97 Å². The summed E-state index contributed by atoms with van der Waals surface area (Å²) < 4.78 is 31.8. The Morgan fingerprint density at radius 3 is 2.70 bits per heavy atom. The van der Waals surface area contributed by atoms with Crippen LogP contribution in [0.1, 0.15) is 32.5 Å². The highest BCUT2D eigenvalue weighted by Crippen LogP contribution is 2.27. The molecule has 1 atom stereocenters. The molecule has 6 heteroatoms. The molecule has 1 aromatic carbocycles. The number of ether oxygens (including phenoxy) is 1. The van der Waals surface area contributed by atoms with Crippen LogP contribution in [0.25, 0.3) is 11.0 Å². The minimum atomic E-state index is -1.02. The van der Waals surface area contributed by atoms with Crippen molar-refractivity contribution in [2.45, 2.75) is 26.7 Å². The van der Waals surface area contributed by atoms with Crippen molar-refractivity contribution in [1.29, 1.82) is 0 Å². The Bertz CT molecular complexity index is 637. The molecule has 4 nitrogen and oxygen atoms in total. The smallest absolute Gasteiger partial charge is 0.316 e. The molecule has 1 aromatic heterocycles. The number of fused-ring (bicyclic) bond motifs is 1. The van der Waals surface area contributed by atoms with Crippen LogP contribution >= 0.6 is 0 Å². The molecule has 2 rings (SSSR count). The normalized spacial score (nSPS) is 12.9. The predicted molar refractivity (Wildman–Crippen MR) is 70.2 cm³/mol. The van der Waals surface area contributed by atoms with Gasteiger partial charge < -0.3 is 9.72 Å². The topological polar surface area (TPSA) is 55.0 Å². The number of esters is 1. The van der Waals surface area contributed by atoms with E-state index < -0.39 is 23.5 Å². The molecule has 108 valence electrons. The SMILES string of the molecule is CCOC(=O)C(c1nc2c(F)c(F)ccc2[nH]1)C(C)C. The Kier molecular flexibility index (Phi) is 4.01. The minimum absolute atomic E-state index is 0.0810. The number of benzene rings is 1. The third-order valence-corrected chi connectivity index (χ3v) is 3.07. The highest BCUT2D eigenvalue weighted by Gasteiger charge is 2.29. The van der Waals surface area contributed by atoms with Gasteiger partial charge in [0.15, 0.2) is 11.6 Å². The van der Waals surface area contributed by atoms with Crippen molar-refractivity contribution in [2.24, 2.45) is 5.92 Å². The van der Waals surface area contributed by atoms with Crippen molar-refractivity contribution < 1.29 is 18.3 Å². The quantitative estimate of drug-likeness (QED) is 0.876. The number of hydrogen-bond acceptors (Lipinski definition) is 3. The number of hydrogen-bond donors (Lipinski definition) is 1. The number of carbonyl (C=O) groups is 1. The van der Waals surface area contributed by atoms with E-state index in [1.54, 1.807) is 6.92 Å². The van der Waals surface area contributed by atoms with Gasteiger partial charge >= 0.3 is 5.97 Å².